The third kappa shape index (κ3) is 4.27. The summed E-state index contributed by atoms with van der Waals surface area (Å²) in [6, 6.07) is 2.65. The molecule has 3 N–H and O–H groups in total. The molecule has 0 spiro atoms. The molecule has 0 aliphatic heterocycles. The monoisotopic (exact) mass is 300 g/mol. The van der Waals surface area contributed by atoms with Gasteiger partial charge in [-0.15, -0.1) is 13.2 Å². The highest BCUT2D eigenvalue weighted by Crippen LogP contribution is 2.32. The fourth-order valence-electron chi connectivity index (χ4n) is 1.23. The summed E-state index contributed by atoms with van der Waals surface area (Å²) >= 11 is 5.50. The largest absolute Gasteiger partial charge is 0.573 e. The van der Waals surface area contributed by atoms with Crippen LogP contribution in [0.25, 0.3) is 0 Å². The van der Waals surface area contributed by atoms with Gasteiger partial charge in [0, 0.05) is 0 Å². The maximum absolute atomic E-state index is 12.0. The second kappa shape index (κ2) is 5.64. The highest BCUT2D eigenvalue weighted by atomic mass is 35.5. The van der Waals surface area contributed by atoms with Crippen LogP contribution in [-0.4, -0.2) is 33.8 Å². The molecular weight excluding hydrogens is 293 g/mol. The van der Waals surface area contributed by atoms with Crippen LogP contribution < -0.4 is 4.74 Å². The zero-order valence-electron chi connectivity index (χ0n) is 9.06. The number of carboxylic acids is 1. The smallest absolute Gasteiger partial charge is 0.479 e. The summed E-state index contributed by atoms with van der Waals surface area (Å²) in [5.74, 6) is -2.38. The van der Waals surface area contributed by atoms with E-state index in [1.54, 1.807) is 0 Å². The van der Waals surface area contributed by atoms with Gasteiger partial charge in [0.05, 0.1) is 5.02 Å². The van der Waals surface area contributed by atoms with Crippen molar-refractivity contribution in [1.82, 2.24) is 0 Å². The van der Waals surface area contributed by atoms with Crippen LogP contribution in [0.15, 0.2) is 18.2 Å². The average Bonchev–Trinajstić information content (AvgIpc) is 2.28. The Morgan fingerprint density at radius 2 is 1.89 bits per heavy atom. The van der Waals surface area contributed by atoms with Gasteiger partial charge in [0.1, 0.15) is 11.9 Å². The standard InChI is InChI=1S/C10H8ClF3O5/c11-5-3-4(7(15)8(16)9(17)18)1-2-6(5)19-10(12,13)14/h1-3,7-8,15-16H,(H,17,18). The molecule has 0 saturated carbocycles. The molecule has 1 rings (SSSR count). The fraction of sp³-hybridized carbons (Fsp3) is 0.300. The normalized spacial score (nSPS) is 14.8. The first-order valence-electron chi connectivity index (χ1n) is 4.76. The van der Waals surface area contributed by atoms with Crippen molar-refractivity contribution in [3.63, 3.8) is 0 Å². The van der Waals surface area contributed by atoms with Gasteiger partial charge in [-0.1, -0.05) is 17.7 Å². The second-order valence-corrected chi connectivity index (χ2v) is 3.87. The van der Waals surface area contributed by atoms with E-state index in [9.17, 15) is 23.1 Å². The van der Waals surface area contributed by atoms with Crippen LogP contribution >= 0.6 is 11.6 Å². The van der Waals surface area contributed by atoms with E-state index >= 15 is 0 Å². The van der Waals surface area contributed by atoms with E-state index < -0.39 is 35.3 Å². The van der Waals surface area contributed by atoms with Crippen molar-refractivity contribution >= 4 is 17.6 Å². The fourth-order valence-corrected chi connectivity index (χ4v) is 1.45. The molecule has 0 bridgehead atoms. The molecule has 0 aromatic heterocycles. The van der Waals surface area contributed by atoms with Crippen molar-refractivity contribution in [2.75, 3.05) is 0 Å². The zero-order chi connectivity index (χ0) is 14.8. The number of benzene rings is 1. The zero-order valence-corrected chi connectivity index (χ0v) is 9.81. The van der Waals surface area contributed by atoms with Crippen LogP contribution in [0.2, 0.25) is 5.02 Å². The molecule has 2 unspecified atom stereocenters. The van der Waals surface area contributed by atoms with E-state index in [1.165, 1.54) is 0 Å². The Balaban J connectivity index is 2.97. The number of aliphatic carboxylic acids is 1. The van der Waals surface area contributed by atoms with Gasteiger partial charge in [0.2, 0.25) is 0 Å². The molecule has 0 heterocycles. The number of halogens is 4. The third-order valence-corrected chi connectivity index (χ3v) is 2.37. The molecule has 106 valence electrons. The van der Waals surface area contributed by atoms with Gasteiger partial charge in [0.25, 0.3) is 0 Å². The second-order valence-electron chi connectivity index (χ2n) is 3.47. The maximum atomic E-state index is 12.0. The lowest BCUT2D eigenvalue weighted by Crippen LogP contribution is -2.27. The van der Waals surface area contributed by atoms with Crippen LogP contribution in [-0.2, 0) is 4.79 Å². The first kappa shape index (κ1) is 15.5. The summed E-state index contributed by atoms with van der Waals surface area (Å²) in [6.07, 6.45) is -8.87. The minimum Gasteiger partial charge on any atom is -0.479 e. The Morgan fingerprint density at radius 1 is 1.32 bits per heavy atom. The quantitative estimate of drug-likeness (QED) is 0.788. The van der Waals surface area contributed by atoms with Crippen LogP contribution in [0.4, 0.5) is 13.2 Å². The Hall–Kier alpha value is -1.51. The molecule has 0 saturated heterocycles. The lowest BCUT2D eigenvalue weighted by atomic mass is 10.0. The number of aliphatic hydroxyl groups is 2. The Morgan fingerprint density at radius 3 is 2.32 bits per heavy atom. The SMILES string of the molecule is O=C(O)C(O)C(O)c1ccc(OC(F)(F)F)c(Cl)c1. The summed E-state index contributed by atoms with van der Waals surface area (Å²) < 4.78 is 39.5. The molecule has 19 heavy (non-hydrogen) atoms. The first-order valence-corrected chi connectivity index (χ1v) is 5.13. The van der Waals surface area contributed by atoms with Gasteiger partial charge < -0.3 is 20.1 Å². The molecule has 0 radical (unpaired) electrons. The van der Waals surface area contributed by atoms with Crippen LogP contribution in [0.1, 0.15) is 11.7 Å². The van der Waals surface area contributed by atoms with Crippen LogP contribution in [0.3, 0.4) is 0 Å². The van der Waals surface area contributed by atoms with Crippen molar-refractivity contribution < 1.29 is 38.0 Å². The van der Waals surface area contributed by atoms with E-state index in [0.29, 0.717) is 0 Å². The minimum atomic E-state index is -4.93. The molecule has 2 atom stereocenters. The number of carboxylic acid groups (broad SMARTS) is 1. The van der Waals surface area contributed by atoms with Crippen molar-refractivity contribution in [2.24, 2.45) is 0 Å². The van der Waals surface area contributed by atoms with Gasteiger partial charge >= 0.3 is 12.3 Å². The van der Waals surface area contributed by atoms with Crippen molar-refractivity contribution in [3.8, 4) is 5.75 Å². The van der Waals surface area contributed by atoms with Gasteiger partial charge in [-0.25, -0.2) is 4.79 Å². The predicted molar refractivity (Wildman–Crippen MR) is 56.7 cm³/mol. The molecule has 9 heteroatoms. The number of aliphatic hydroxyl groups excluding tert-OH is 2. The summed E-state index contributed by atoms with van der Waals surface area (Å²) in [7, 11) is 0. The predicted octanol–water partition coefficient (Wildman–Crippen LogP) is 1.72. The third-order valence-electron chi connectivity index (χ3n) is 2.08. The number of hydrogen-bond acceptors (Lipinski definition) is 4. The number of hydrogen-bond donors (Lipinski definition) is 3. The van der Waals surface area contributed by atoms with Crippen LogP contribution in [0, 0.1) is 0 Å². The van der Waals surface area contributed by atoms with Gasteiger partial charge in [-0.05, 0) is 17.7 Å². The molecule has 1 aromatic carbocycles. The number of carbonyl (C=O) groups is 1. The molecule has 0 aliphatic rings. The Kier molecular flexibility index (Phi) is 4.61. The number of rotatable bonds is 4. The van der Waals surface area contributed by atoms with E-state index in [2.05, 4.69) is 4.74 Å². The van der Waals surface area contributed by atoms with Crippen LogP contribution in [0.5, 0.6) is 5.75 Å². The highest BCUT2D eigenvalue weighted by Gasteiger charge is 2.32. The van der Waals surface area contributed by atoms with Crippen molar-refractivity contribution in [3.05, 3.63) is 28.8 Å². The molecule has 0 fully saturated rings. The summed E-state index contributed by atoms with van der Waals surface area (Å²) in [4.78, 5) is 10.4. The topological polar surface area (TPSA) is 87.0 Å². The molecule has 5 nitrogen and oxygen atoms in total. The van der Waals surface area contributed by atoms with E-state index in [1.807, 2.05) is 0 Å². The molecule has 0 aliphatic carbocycles. The van der Waals surface area contributed by atoms with Gasteiger partial charge in [-0.2, -0.15) is 0 Å². The first-order chi connectivity index (χ1) is 8.61. The lowest BCUT2D eigenvalue weighted by molar-refractivity contribution is -0.274. The maximum Gasteiger partial charge on any atom is 0.573 e. The van der Waals surface area contributed by atoms with E-state index in [4.69, 9.17) is 21.8 Å². The van der Waals surface area contributed by atoms with Crippen molar-refractivity contribution in [2.45, 2.75) is 18.6 Å². The van der Waals surface area contributed by atoms with Crippen molar-refractivity contribution in [1.29, 1.82) is 0 Å². The summed E-state index contributed by atoms with van der Waals surface area (Å²) in [5.41, 5.74) is -0.158. The summed E-state index contributed by atoms with van der Waals surface area (Å²) in [5, 5.41) is 26.5. The van der Waals surface area contributed by atoms with E-state index in [0.717, 1.165) is 18.2 Å². The molecule has 1 aromatic rings. The highest BCUT2D eigenvalue weighted by molar-refractivity contribution is 6.32. The van der Waals surface area contributed by atoms with E-state index in [-0.39, 0.29) is 5.56 Å². The minimum absolute atomic E-state index is 0.158. The molecular formula is C10H8ClF3O5. The van der Waals surface area contributed by atoms with Gasteiger partial charge in [-0.3, -0.25) is 0 Å². The Labute approximate surface area is 109 Å². The average molecular weight is 301 g/mol. The number of ether oxygens (including phenoxy) is 1. The number of alkyl halides is 3. The summed E-state index contributed by atoms with van der Waals surface area (Å²) in [6.45, 7) is 0. The van der Waals surface area contributed by atoms with Gasteiger partial charge in [0.15, 0.2) is 6.10 Å². The Bertz CT molecular complexity index is 477. The lowest BCUT2D eigenvalue weighted by Gasteiger charge is -2.16. The molecule has 0 amide bonds.